The average molecular weight is 408 g/mol. The number of alkyl halides is 2. The lowest BCUT2D eigenvalue weighted by Gasteiger charge is -2.28. The van der Waals surface area contributed by atoms with Crippen LogP contribution in [0.5, 0.6) is 0 Å². The van der Waals surface area contributed by atoms with Gasteiger partial charge in [-0.25, -0.2) is 0 Å². The Labute approximate surface area is 166 Å². The number of rotatable bonds is 6. The number of fused-ring (bicyclic) bond motifs is 1. The van der Waals surface area contributed by atoms with Crippen LogP contribution in [0.4, 0.5) is 8.78 Å². The van der Waals surface area contributed by atoms with E-state index in [1.807, 2.05) is 24.9 Å². The van der Waals surface area contributed by atoms with E-state index in [0.717, 1.165) is 27.6 Å². The monoisotopic (exact) mass is 408 g/mol. The van der Waals surface area contributed by atoms with Crippen molar-refractivity contribution in [3.05, 3.63) is 33.5 Å². The second kappa shape index (κ2) is 8.36. The lowest BCUT2D eigenvalue weighted by Crippen LogP contribution is -2.35. The first-order chi connectivity index (χ1) is 13.3. The SMILES string of the molecule is CC(=N)/C(C)=C1\C(=N)SC2=C(NCC3=CCC(OC(F)F)N=C3)N(C)CN=C21. The Hall–Kier alpha value is -2.33. The summed E-state index contributed by atoms with van der Waals surface area (Å²) in [6.07, 6.45) is 2.84. The molecule has 3 rings (SSSR count). The minimum atomic E-state index is -2.83. The van der Waals surface area contributed by atoms with Crippen molar-refractivity contribution in [2.75, 3.05) is 20.3 Å². The first-order valence-corrected chi connectivity index (χ1v) is 9.53. The molecule has 150 valence electrons. The molecule has 0 radical (unpaired) electrons. The second-order valence-corrected chi connectivity index (χ2v) is 7.60. The molecule has 0 aromatic heterocycles. The lowest BCUT2D eigenvalue weighted by molar-refractivity contribution is -0.159. The number of dihydropyridines is 1. The van der Waals surface area contributed by atoms with Crippen molar-refractivity contribution in [3.63, 3.8) is 0 Å². The summed E-state index contributed by atoms with van der Waals surface area (Å²) in [6, 6.07) is 0. The molecule has 1 fully saturated rings. The highest BCUT2D eigenvalue weighted by atomic mass is 32.2. The van der Waals surface area contributed by atoms with Crippen molar-refractivity contribution in [2.24, 2.45) is 9.98 Å². The summed E-state index contributed by atoms with van der Waals surface area (Å²) in [5.74, 6) is 0.852. The van der Waals surface area contributed by atoms with E-state index in [0.29, 0.717) is 36.0 Å². The van der Waals surface area contributed by atoms with Crippen LogP contribution in [0, 0.1) is 10.8 Å². The first-order valence-electron chi connectivity index (χ1n) is 8.71. The molecule has 1 unspecified atom stereocenters. The van der Waals surface area contributed by atoms with Gasteiger partial charge in [-0.3, -0.25) is 20.1 Å². The van der Waals surface area contributed by atoms with Crippen LogP contribution in [0.25, 0.3) is 0 Å². The molecule has 3 aliphatic rings. The molecule has 0 aromatic carbocycles. The topological polar surface area (TPSA) is 96.9 Å². The summed E-state index contributed by atoms with van der Waals surface area (Å²) in [6.45, 7) is 1.62. The third-order valence-corrected chi connectivity index (χ3v) is 5.57. The number of thioether (sulfide) groups is 1. The van der Waals surface area contributed by atoms with Crippen molar-refractivity contribution in [1.29, 1.82) is 10.8 Å². The highest BCUT2D eigenvalue weighted by Gasteiger charge is 2.35. The standard InChI is InChI=1S/C18H22F2N6OS/c1-9(10(2)21)13-14-15(28-16(13)22)17(26(3)8-25-14)24-7-11-4-5-12(23-6-11)27-18(19)20/h4,6,12,18,21-22,24H,5,7-8H2,1-3H3/b13-9-,21-10?,22-16?. The van der Waals surface area contributed by atoms with E-state index in [1.54, 1.807) is 13.1 Å². The van der Waals surface area contributed by atoms with Gasteiger partial charge in [0, 0.05) is 37.5 Å². The summed E-state index contributed by atoms with van der Waals surface area (Å²) in [7, 11) is 1.91. The number of nitrogens with zero attached hydrogens (tertiary/aromatic N) is 3. The van der Waals surface area contributed by atoms with Gasteiger partial charge >= 0.3 is 6.61 Å². The van der Waals surface area contributed by atoms with Crippen molar-refractivity contribution < 1.29 is 13.5 Å². The summed E-state index contributed by atoms with van der Waals surface area (Å²) in [5, 5.41) is 20.0. The number of hydrogen-bond acceptors (Lipinski definition) is 8. The van der Waals surface area contributed by atoms with E-state index in [-0.39, 0.29) is 0 Å². The van der Waals surface area contributed by atoms with Crippen LogP contribution in [0.3, 0.4) is 0 Å². The zero-order valence-corrected chi connectivity index (χ0v) is 16.7. The molecule has 3 aliphatic heterocycles. The maximum atomic E-state index is 12.3. The van der Waals surface area contributed by atoms with E-state index in [9.17, 15) is 8.78 Å². The van der Waals surface area contributed by atoms with Gasteiger partial charge in [0.2, 0.25) is 0 Å². The summed E-state index contributed by atoms with van der Waals surface area (Å²) in [5.41, 5.74) is 3.51. The predicted molar refractivity (Wildman–Crippen MR) is 109 cm³/mol. The Morgan fingerprint density at radius 2 is 2.21 bits per heavy atom. The van der Waals surface area contributed by atoms with Crippen molar-refractivity contribution in [2.45, 2.75) is 33.1 Å². The van der Waals surface area contributed by atoms with Crippen molar-refractivity contribution in [1.82, 2.24) is 10.2 Å². The Morgan fingerprint density at radius 1 is 1.46 bits per heavy atom. The molecule has 0 bridgehead atoms. The molecule has 0 amide bonds. The second-order valence-electron chi connectivity index (χ2n) is 6.58. The molecule has 0 saturated carbocycles. The zero-order valence-electron chi connectivity index (χ0n) is 15.8. The third-order valence-electron chi connectivity index (χ3n) is 4.57. The number of ether oxygens (including phenoxy) is 1. The van der Waals surface area contributed by atoms with E-state index < -0.39 is 12.8 Å². The fraction of sp³-hybridized carbons (Fsp3) is 0.444. The van der Waals surface area contributed by atoms with Gasteiger partial charge in [-0.2, -0.15) is 8.78 Å². The van der Waals surface area contributed by atoms with Gasteiger partial charge < -0.3 is 15.6 Å². The highest BCUT2D eigenvalue weighted by molar-refractivity contribution is 8.19. The molecule has 3 heterocycles. The molecule has 7 nitrogen and oxygen atoms in total. The molecule has 10 heteroatoms. The number of halogens is 2. The molecule has 28 heavy (non-hydrogen) atoms. The fourth-order valence-corrected chi connectivity index (χ4v) is 4.11. The number of hydrogen-bond donors (Lipinski definition) is 3. The Balaban J connectivity index is 1.76. The van der Waals surface area contributed by atoms with Gasteiger partial charge in [-0.1, -0.05) is 17.8 Å². The maximum Gasteiger partial charge on any atom is 0.347 e. The summed E-state index contributed by atoms with van der Waals surface area (Å²) < 4.78 is 28.9. The highest BCUT2D eigenvalue weighted by Crippen LogP contribution is 2.40. The van der Waals surface area contributed by atoms with Crippen LogP contribution in [0.15, 0.2) is 43.5 Å². The Kier molecular flexibility index (Phi) is 6.09. The fourth-order valence-electron chi connectivity index (χ4n) is 2.96. The molecular weight excluding hydrogens is 386 g/mol. The van der Waals surface area contributed by atoms with Gasteiger partial charge in [0.25, 0.3) is 0 Å². The molecule has 0 spiro atoms. The normalized spacial score (nSPS) is 23.7. The van der Waals surface area contributed by atoms with Gasteiger partial charge in [-0.15, -0.1) is 0 Å². The number of allylic oxidation sites excluding steroid dienone is 2. The van der Waals surface area contributed by atoms with E-state index >= 15 is 0 Å². The van der Waals surface area contributed by atoms with E-state index in [1.165, 1.54) is 11.8 Å². The lowest BCUT2D eigenvalue weighted by atomic mass is 10.0. The zero-order chi connectivity index (χ0) is 20.4. The van der Waals surface area contributed by atoms with Crippen LogP contribution in [0.2, 0.25) is 0 Å². The van der Waals surface area contributed by atoms with Crippen LogP contribution >= 0.6 is 11.8 Å². The number of nitrogens with one attached hydrogen (secondary N) is 3. The molecule has 0 aromatic rings. The maximum absolute atomic E-state index is 12.3. The van der Waals surface area contributed by atoms with Crippen molar-refractivity contribution >= 4 is 34.4 Å². The van der Waals surface area contributed by atoms with Crippen molar-refractivity contribution in [3.8, 4) is 0 Å². The van der Waals surface area contributed by atoms with Crippen LogP contribution in [-0.2, 0) is 4.74 Å². The first kappa shape index (κ1) is 20.4. The molecule has 1 atom stereocenters. The van der Waals surface area contributed by atoms with Crippen LogP contribution in [0.1, 0.15) is 20.3 Å². The molecular formula is C18H22F2N6OS. The van der Waals surface area contributed by atoms with Crippen LogP contribution < -0.4 is 5.32 Å². The molecule has 3 N–H and O–H groups in total. The van der Waals surface area contributed by atoms with Gasteiger partial charge in [0.1, 0.15) is 17.5 Å². The summed E-state index contributed by atoms with van der Waals surface area (Å²) in [4.78, 5) is 11.4. The van der Waals surface area contributed by atoms with Gasteiger partial charge in [0.05, 0.1) is 10.6 Å². The minimum Gasteiger partial charge on any atom is -0.367 e. The average Bonchev–Trinajstić information content (AvgIpc) is 2.97. The van der Waals surface area contributed by atoms with Crippen LogP contribution in [-0.4, -0.2) is 60.7 Å². The smallest absolute Gasteiger partial charge is 0.347 e. The largest absolute Gasteiger partial charge is 0.367 e. The Bertz CT molecular complexity index is 858. The van der Waals surface area contributed by atoms with E-state index in [4.69, 9.17) is 10.8 Å². The molecule has 0 aliphatic carbocycles. The van der Waals surface area contributed by atoms with Gasteiger partial charge in [-0.05, 0) is 25.0 Å². The number of aliphatic imine (C=N–C) groups is 2. The Morgan fingerprint density at radius 3 is 2.82 bits per heavy atom. The minimum absolute atomic E-state index is 0.302. The summed E-state index contributed by atoms with van der Waals surface area (Å²) >= 11 is 1.33. The van der Waals surface area contributed by atoms with Gasteiger partial charge in [0.15, 0.2) is 6.23 Å². The van der Waals surface area contributed by atoms with E-state index in [2.05, 4.69) is 20.0 Å². The third kappa shape index (κ3) is 4.22. The predicted octanol–water partition coefficient (Wildman–Crippen LogP) is 3.14. The quantitative estimate of drug-likeness (QED) is 0.588. The molecule has 1 saturated heterocycles.